The van der Waals surface area contributed by atoms with Crippen molar-refractivity contribution in [3.05, 3.63) is 41.5 Å². The molecule has 62 valence electrons. The lowest BCUT2D eigenvalue weighted by molar-refractivity contribution is -0.104. The third kappa shape index (κ3) is 2.31. The second-order valence-corrected chi connectivity index (χ2v) is 3.37. The number of rotatable bonds is 2. The smallest absolute Gasteiger partial charge is 0.143 e. The summed E-state index contributed by atoms with van der Waals surface area (Å²) in [5, 5.41) is 0. The molecule has 0 aliphatic carbocycles. The van der Waals surface area contributed by atoms with Crippen molar-refractivity contribution in [2.24, 2.45) is 0 Å². The van der Waals surface area contributed by atoms with Crippen molar-refractivity contribution >= 4 is 26.7 Å². The fraction of sp³-hybridized carbons (Fsp3) is 0.100. The van der Waals surface area contributed by atoms with E-state index in [4.69, 9.17) is 0 Å². The van der Waals surface area contributed by atoms with Crippen LogP contribution < -0.4 is 0 Å². The second kappa shape index (κ2) is 4.21. The van der Waals surface area contributed by atoms with Crippen molar-refractivity contribution in [2.75, 3.05) is 0 Å². The molecule has 0 aliphatic rings. The summed E-state index contributed by atoms with van der Waals surface area (Å²) in [7, 11) is 0. The first-order valence-corrected chi connectivity index (χ1v) is 4.41. The molecule has 12 heavy (non-hydrogen) atoms. The third-order valence-electron chi connectivity index (χ3n) is 1.54. The van der Waals surface area contributed by atoms with Crippen LogP contribution in [0.15, 0.2) is 30.3 Å². The summed E-state index contributed by atoms with van der Waals surface area (Å²) >= 11 is 3.30. The average molecular weight is 225 g/mol. The number of hydrogen-bond donors (Lipinski definition) is 0. The molecule has 1 rings (SSSR count). The largest absolute Gasteiger partial charge is 0.299 e. The molecular weight excluding hydrogens is 216 g/mol. The highest BCUT2D eigenvalue weighted by atomic mass is 79.9. The Balaban J connectivity index is 2.97. The Kier molecular flexibility index (Phi) is 3.23. The normalized spacial score (nSPS) is 11.3. The molecule has 0 amide bonds. The lowest BCUT2D eigenvalue weighted by Gasteiger charge is -1.97. The van der Waals surface area contributed by atoms with Gasteiger partial charge in [0, 0.05) is 4.48 Å². The standard InChI is InChI=1S/C10H9BrO/c1-8-2-4-9(5-3-8)10(11)6-7-12/h2-7H,1H3/b10-6-. The van der Waals surface area contributed by atoms with Gasteiger partial charge in [0.05, 0.1) is 0 Å². The van der Waals surface area contributed by atoms with Gasteiger partial charge in [-0.05, 0) is 18.6 Å². The minimum atomic E-state index is 0.768. The number of aryl methyl sites for hydroxylation is 1. The van der Waals surface area contributed by atoms with E-state index in [2.05, 4.69) is 15.9 Å². The molecule has 1 aromatic rings. The second-order valence-electron chi connectivity index (χ2n) is 2.52. The molecule has 0 bridgehead atoms. The lowest BCUT2D eigenvalue weighted by atomic mass is 10.1. The quantitative estimate of drug-likeness (QED) is 0.558. The van der Waals surface area contributed by atoms with Crippen LogP contribution in [-0.4, -0.2) is 6.29 Å². The van der Waals surface area contributed by atoms with E-state index in [9.17, 15) is 4.79 Å². The van der Waals surface area contributed by atoms with E-state index < -0.39 is 0 Å². The van der Waals surface area contributed by atoms with Gasteiger partial charge in [0.15, 0.2) is 0 Å². The Bertz CT molecular complexity index is 298. The van der Waals surface area contributed by atoms with E-state index in [1.807, 2.05) is 31.2 Å². The molecule has 0 spiro atoms. The predicted molar refractivity (Wildman–Crippen MR) is 54.1 cm³/mol. The molecule has 0 heterocycles. The predicted octanol–water partition coefficient (Wildman–Crippen LogP) is 2.93. The van der Waals surface area contributed by atoms with Gasteiger partial charge in [-0.15, -0.1) is 0 Å². The molecular formula is C10H9BrO. The summed E-state index contributed by atoms with van der Waals surface area (Å²) in [4.78, 5) is 10.1. The minimum absolute atomic E-state index is 0.768. The van der Waals surface area contributed by atoms with Crippen LogP contribution in [-0.2, 0) is 4.79 Å². The zero-order valence-electron chi connectivity index (χ0n) is 6.75. The molecule has 0 radical (unpaired) electrons. The van der Waals surface area contributed by atoms with Crippen molar-refractivity contribution in [2.45, 2.75) is 6.92 Å². The molecule has 0 aromatic heterocycles. The van der Waals surface area contributed by atoms with Crippen LogP contribution in [0.5, 0.6) is 0 Å². The molecule has 0 aliphatic heterocycles. The number of hydrogen-bond acceptors (Lipinski definition) is 1. The monoisotopic (exact) mass is 224 g/mol. The van der Waals surface area contributed by atoms with Crippen LogP contribution >= 0.6 is 15.9 Å². The van der Waals surface area contributed by atoms with Crippen LogP contribution in [0.4, 0.5) is 0 Å². The maximum Gasteiger partial charge on any atom is 0.143 e. The van der Waals surface area contributed by atoms with E-state index in [0.717, 1.165) is 16.3 Å². The highest BCUT2D eigenvalue weighted by Gasteiger charge is 1.94. The van der Waals surface area contributed by atoms with Gasteiger partial charge >= 0.3 is 0 Å². The van der Waals surface area contributed by atoms with Gasteiger partial charge in [-0.2, -0.15) is 0 Å². The van der Waals surface area contributed by atoms with Crippen LogP contribution in [0.1, 0.15) is 11.1 Å². The van der Waals surface area contributed by atoms with Crippen molar-refractivity contribution < 1.29 is 4.79 Å². The van der Waals surface area contributed by atoms with E-state index >= 15 is 0 Å². The van der Waals surface area contributed by atoms with Gasteiger partial charge in [0.25, 0.3) is 0 Å². The van der Waals surface area contributed by atoms with Crippen molar-refractivity contribution in [3.63, 3.8) is 0 Å². The number of carbonyl (C=O) groups is 1. The molecule has 0 saturated heterocycles. The van der Waals surface area contributed by atoms with Gasteiger partial charge in [0.2, 0.25) is 0 Å². The van der Waals surface area contributed by atoms with Gasteiger partial charge in [-0.1, -0.05) is 45.8 Å². The highest BCUT2D eigenvalue weighted by Crippen LogP contribution is 2.20. The van der Waals surface area contributed by atoms with Crippen molar-refractivity contribution in [1.82, 2.24) is 0 Å². The number of benzene rings is 1. The molecule has 2 heteroatoms. The summed E-state index contributed by atoms with van der Waals surface area (Å²) in [6.45, 7) is 2.03. The third-order valence-corrected chi connectivity index (χ3v) is 2.26. The molecule has 0 atom stereocenters. The van der Waals surface area contributed by atoms with Crippen molar-refractivity contribution in [1.29, 1.82) is 0 Å². The van der Waals surface area contributed by atoms with Crippen LogP contribution in [0.3, 0.4) is 0 Å². The Morgan fingerprint density at radius 1 is 1.33 bits per heavy atom. The zero-order chi connectivity index (χ0) is 8.97. The van der Waals surface area contributed by atoms with Gasteiger partial charge in [-0.3, -0.25) is 4.79 Å². The van der Waals surface area contributed by atoms with Gasteiger partial charge in [-0.25, -0.2) is 0 Å². The van der Waals surface area contributed by atoms with Crippen molar-refractivity contribution in [3.8, 4) is 0 Å². The molecule has 1 aromatic carbocycles. The van der Waals surface area contributed by atoms with E-state index in [-0.39, 0.29) is 0 Å². The first-order chi connectivity index (χ1) is 5.74. The molecule has 0 unspecified atom stereocenters. The number of carbonyl (C=O) groups excluding carboxylic acids is 1. The summed E-state index contributed by atoms with van der Waals surface area (Å²) in [6, 6.07) is 7.96. The summed E-state index contributed by atoms with van der Waals surface area (Å²) in [6.07, 6.45) is 2.26. The summed E-state index contributed by atoms with van der Waals surface area (Å²) in [5.41, 5.74) is 2.23. The van der Waals surface area contributed by atoms with Gasteiger partial charge < -0.3 is 0 Å². The summed E-state index contributed by atoms with van der Waals surface area (Å²) in [5.74, 6) is 0. The van der Waals surface area contributed by atoms with Crippen LogP contribution in [0.2, 0.25) is 0 Å². The molecule has 0 saturated carbocycles. The van der Waals surface area contributed by atoms with Gasteiger partial charge in [0.1, 0.15) is 6.29 Å². The fourth-order valence-electron chi connectivity index (χ4n) is 0.869. The number of allylic oxidation sites excluding steroid dienone is 1. The van der Waals surface area contributed by atoms with E-state index in [1.165, 1.54) is 11.6 Å². The maximum atomic E-state index is 10.1. The molecule has 1 nitrogen and oxygen atoms in total. The molecule has 0 N–H and O–H groups in total. The molecule has 0 fully saturated rings. The Labute approximate surface area is 80.2 Å². The van der Waals surface area contributed by atoms with Crippen LogP contribution in [0, 0.1) is 6.92 Å². The fourth-order valence-corrected chi connectivity index (χ4v) is 1.24. The van der Waals surface area contributed by atoms with E-state index in [0.29, 0.717) is 0 Å². The number of halogens is 1. The lowest BCUT2D eigenvalue weighted by Crippen LogP contribution is -1.77. The minimum Gasteiger partial charge on any atom is -0.299 e. The first-order valence-electron chi connectivity index (χ1n) is 3.62. The number of aldehydes is 1. The highest BCUT2D eigenvalue weighted by molar-refractivity contribution is 9.15. The topological polar surface area (TPSA) is 17.1 Å². The Morgan fingerprint density at radius 2 is 1.92 bits per heavy atom. The Morgan fingerprint density at radius 3 is 2.42 bits per heavy atom. The summed E-state index contributed by atoms with van der Waals surface area (Å²) < 4.78 is 0.817. The van der Waals surface area contributed by atoms with Crippen LogP contribution in [0.25, 0.3) is 4.48 Å². The first kappa shape index (κ1) is 9.20. The Hall–Kier alpha value is -0.890. The maximum absolute atomic E-state index is 10.1. The van der Waals surface area contributed by atoms with E-state index in [1.54, 1.807) is 0 Å². The SMILES string of the molecule is Cc1ccc(/C(Br)=C/C=O)cc1. The average Bonchev–Trinajstić information content (AvgIpc) is 2.06. The zero-order valence-corrected chi connectivity index (χ0v) is 8.34.